The summed E-state index contributed by atoms with van der Waals surface area (Å²) in [5, 5.41) is 5.81. The first kappa shape index (κ1) is 28.8. The van der Waals surface area contributed by atoms with Gasteiger partial charge in [-0.25, -0.2) is 0 Å². The lowest BCUT2D eigenvalue weighted by Crippen LogP contribution is -2.41. The van der Waals surface area contributed by atoms with Crippen LogP contribution in [0.1, 0.15) is 0 Å². The van der Waals surface area contributed by atoms with Gasteiger partial charge in [0.25, 0.3) is 0 Å². The van der Waals surface area contributed by atoms with Gasteiger partial charge in [-0.05, 0) is 21.9 Å². The fraction of sp³-hybridized carbons (Fsp3) is 0.294. The zero-order chi connectivity index (χ0) is 29.2. The quantitative estimate of drug-likeness (QED) is 0.393. The van der Waals surface area contributed by atoms with E-state index in [2.05, 4.69) is 85.1 Å². The van der Waals surface area contributed by atoms with Gasteiger partial charge in [0.2, 0.25) is 0 Å². The van der Waals surface area contributed by atoms with Crippen molar-refractivity contribution in [2.75, 3.05) is 28.4 Å². The van der Waals surface area contributed by atoms with Crippen LogP contribution in [0.3, 0.4) is 0 Å². The molecule has 0 atom stereocenters. The molecule has 2 aromatic carbocycles. The van der Waals surface area contributed by atoms with E-state index in [-0.39, 0.29) is 0 Å². The molecular weight excluding hydrogens is 529 g/mol. The van der Waals surface area contributed by atoms with Crippen LogP contribution in [-0.2, 0) is 0 Å². The molecule has 202 valence electrons. The topological polar surface area (TPSA) is 36.9 Å². The van der Waals surface area contributed by atoms with Gasteiger partial charge in [-0.3, -0.25) is 0 Å². The van der Waals surface area contributed by atoms with E-state index in [1.165, 1.54) is 10.4 Å². The van der Waals surface area contributed by atoms with Crippen LogP contribution in [0.15, 0.2) is 68.7 Å². The molecule has 4 rings (SSSR count). The number of ether oxygens (including phenoxy) is 4. The van der Waals surface area contributed by atoms with E-state index in [1.54, 1.807) is 28.4 Å². The molecule has 0 bridgehead atoms. The second-order valence-electron chi connectivity index (χ2n) is 11.5. The van der Waals surface area contributed by atoms with Crippen LogP contribution >= 0.6 is 0 Å². The minimum Gasteiger partial charge on any atom is -0.493 e. The Morgan fingerprint density at radius 2 is 0.700 bits per heavy atom. The maximum atomic E-state index is 5.57. The average molecular weight is 563 g/mol. The highest BCUT2D eigenvalue weighted by atomic mass is 28.3. The van der Waals surface area contributed by atoms with Crippen LogP contribution in [0, 0.1) is 0 Å². The summed E-state index contributed by atoms with van der Waals surface area (Å²) in [5.41, 5.74) is 28.3. The second-order valence-corrected chi connectivity index (χ2v) is 21.5. The molecule has 40 heavy (non-hydrogen) atoms. The van der Waals surface area contributed by atoms with E-state index in [0.29, 0.717) is 23.0 Å². The van der Waals surface area contributed by atoms with Crippen LogP contribution in [0.25, 0.3) is 22.9 Å². The SMILES string of the molecule is COc1cc2c(cc1OC)=C=C=C1C(=C=C=c3cc(OC)c(OC)cc3=C=C=C=C=2)C([Si](C)(C)C)=C1[Si](C)(C)C. The molecule has 2 aromatic rings. The smallest absolute Gasteiger partial charge is 0.162 e. The van der Waals surface area contributed by atoms with Crippen LogP contribution in [0.5, 0.6) is 23.0 Å². The highest BCUT2D eigenvalue weighted by Crippen LogP contribution is 2.47. The molecule has 4 nitrogen and oxygen atoms in total. The number of methoxy groups -OCH3 is 4. The predicted octanol–water partition coefficient (Wildman–Crippen LogP) is 4.05. The molecule has 0 heterocycles. The standard InChI is InChI=1S/C34H34O4Si2/c1-35-29-19-23-13-11-12-14-24-20-30(36-2)32(38-4)22-26(24)16-18-28-27(17-15-25(23)21-31(29)37-3)33(39(5,6)7)34(28)40(8,9)10/h19-22H,1-10H3. The van der Waals surface area contributed by atoms with Crippen molar-refractivity contribution in [3.05, 3.63) is 89.6 Å². The molecule has 0 unspecified atom stereocenters. The maximum Gasteiger partial charge on any atom is 0.162 e. The lowest BCUT2D eigenvalue weighted by molar-refractivity contribution is 0.354. The van der Waals surface area contributed by atoms with Gasteiger partial charge in [0.1, 0.15) is 0 Å². The van der Waals surface area contributed by atoms with E-state index >= 15 is 0 Å². The Bertz CT molecular complexity index is 1840. The molecule has 0 aliphatic heterocycles. The van der Waals surface area contributed by atoms with Gasteiger partial charge in [0.15, 0.2) is 23.0 Å². The van der Waals surface area contributed by atoms with Crippen LogP contribution < -0.4 is 39.8 Å². The van der Waals surface area contributed by atoms with Crippen molar-refractivity contribution in [2.45, 2.75) is 39.3 Å². The van der Waals surface area contributed by atoms with Crippen molar-refractivity contribution in [2.24, 2.45) is 0 Å². The molecule has 2 aliphatic rings. The van der Waals surface area contributed by atoms with E-state index in [4.69, 9.17) is 18.9 Å². The van der Waals surface area contributed by atoms with Crippen LogP contribution in [0.2, 0.25) is 39.3 Å². The Balaban J connectivity index is 2.42. The number of rotatable bonds is 6. The van der Waals surface area contributed by atoms with E-state index in [1.807, 2.05) is 24.3 Å². The van der Waals surface area contributed by atoms with Crippen molar-refractivity contribution in [3.8, 4) is 23.0 Å². The van der Waals surface area contributed by atoms with E-state index in [9.17, 15) is 0 Å². The summed E-state index contributed by atoms with van der Waals surface area (Å²) < 4.78 is 22.2. The van der Waals surface area contributed by atoms with Crippen molar-refractivity contribution < 1.29 is 18.9 Å². The number of fused-ring (bicyclic) bond motifs is 3. The Labute approximate surface area is 237 Å². The Hall–Kier alpha value is -4.21. The maximum absolute atomic E-state index is 5.57. The van der Waals surface area contributed by atoms with Crippen molar-refractivity contribution in [1.29, 1.82) is 0 Å². The Morgan fingerprint density at radius 3 is 0.950 bits per heavy atom. The third kappa shape index (κ3) is 5.57. The number of hydrogen-bond acceptors (Lipinski definition) is 4. The minimum atomic E-state index is -1.73. The molecular formula is C34H34O4Si2. The highest BCUT2D eigenvalue weighted by molar-refractivity contribution is 6.92. The monoisotopic (exact) mass is 562 g/mol. The van der Waals surface area contributed by atoms with Gasteiger partial charge in [-0.1, -0.05) is 73.7 Å². The van der Waals surface area contributed by atoms with Gasteiger partial charge in [-0.2, -0.15) is 0 Å². The molecule has 0 amide bonds. The third-order valence-electron chi connectivity index (χ3n) is 6.65. The summed E-state index contributed by atoms with van der Waals surface area (Å²) in [6.45, 7) is 14.3. The first-order valence-electron chi connectivity index (χ1n) is 13.0. The molecule has 0 radical (unpaired) electrons. The zero-order valence-corrected chi connectivity index (χ0v) is 26.9. The van der Waals surface area contributed by atoms with Gasteiger partial charge in [0, 0.05) is 56.3 Å². The first-order chi connectivity index (χ1) is 18.9. The summed E-state index contributed by atoms with van der Waals surface area (Å²) >= 11 is 0. The normalized spacial score (nSPS) is 13.6. The molecule has 0 aromatic heterocycles. The molecule has 0 fully saturated rings. The second kappa shape index (κ2) is 11.1. The van der Waals surface area contributed by atoms with E-state index in [0.717, 1.165) is 32.0 Å². The van der Waals surface area contributed by atoms with Crippen LogP contribution in [0.4, 0.5) is 0 Å². The zero-order valence-electron chi connectivity index (χ0n) is 24.9. The summed E-state index contributed by atoms with van der Waals surface area (Å²) in [4.78, 5) is 0. The summed E-state index contributed by atoms with van der Waals surface area (Å²) in [7, 11) is 2.99. The largest absolute Gasteiger partial charge is 0.493 e. The van der Waals surface area contributed by atoms with Gasteiger partial charge < -0.3 is 18.9 Å². The molecule has 0 saturated heterocycles. The third-order valence-corrected chi connectivity index (χ3v) is 10.9. The van der Waals surface area contributed by atoms with E-state index < -0.39 is 16.1 Å². The number of allylic oxidation sites excluding steroid dienone is 4. The fourth-order valence-electron chi connectivity index (χ4n) is 4.82. The van der Waals surface area contributed by atoms with Gasteiger partial charge in [-0.15, -0.1) is 0 Å². The number of benzene rings is 2. The predicted molar refractivity (Wildman–Crippen MR) is 166 cm³/mol. The van der Waals surface area contributed by atoms with Crippen molar-refractivity contribution >= 4 is 39.1 Å². The fourth-order valence-corrected chi connectivity index (χ4v) is 10.7. The Kier molecular flexibility index (Phi) is 8.00. The summed E-state index contributed by atoms with van der Waals surface area (Å²) in [6.07, 6.45) is 0. The molecule has 0 saturated carbocycles. The highest BCUT2D eigenvalue weighted by Gasteiger charge is 2.43. The average Bonchev–Trinajstić information content (AvgIpc) is 2.88. The lowest BCUT2D eigenvalue weighted by atomic mass is 9.95. The first-order valence-corrected chi connectivity index (χ1v) is 20.0. The van der Waals surface area contributed by atoms with Gasteiger partial charge in [0.05, 0.1) is 44.6 Å². The minimum absolute atomic E-state index is 0.590. The molecule has 6 heteroatoms. The molecule has 2 aliphatic carbocycles. The Morgan fingerprint density at radius 1 is 0.425 bits per heavy atom. The molecule has 0 N–H and O–H groups in total. The van der Waals surface area contributed by atoms with Crippen LogP contribution in [-0.4, -0.2) is 44.6 Å². The summed E-state index contributed by atoms with van der Waals surface area (Å²) in [6, 6.07) is 7.46. The number of hydrogen-bond donors (Lipinski definition) is 0. The summed E-state index contributed by atoms with van der Waals surface area (Å²) in [5.74, 6) is 2.38. The lowest BCUT2D eigenvalue weighted by Gasteiger charge is -2.41. The molecule has 0 spiro atoms. The van der Waals surface area contributed by atoms with Gasteiger partial charge >= 0.3 is 0 Å². The van der Waals surface area contributed by atoms with Crippen molar-refractivity contribution in [3.63, 3.8) is 0 Å². The van der Waals surface area contributed by atoms with Crippen molar-refractivity contribution in [1.82, 2.24) is 0 Å².